The van der Waals surface area contributed by atoms with Crippen molar-refractivity contribution < 1.29 is 22.7 Å². The normalized spacial score (nSPS) is 16.9. The van der Waals surface area contributed by atoms with Crippen LogP contribution < -0.4 is 15.4 Å². The van der Waals surface area contributed by atoms with E-state index in [2.05, 4.69) is 15.6 Å². The molecule has 30 heavy (non-hydrogen) atoms. The second-order valence-corrected chi connectivity index (χ2v) is 7.03. The van der Waals surface area contributed by atoms with Gasteiger partial charge in [-0.15, -0.1) is 0 Å². The lowest BCUT2D eigenvalue weighted by molar-refractivity contribution is -0.181. The molecule has 1 fully saturated rings. The van der Waals surface area contributed by atoms with Crippen LogP contribution >= 0.6 is 0 Å². The molecule has 1 aromatic carbocycles. The fraction of sp³-hybridized carbons (Fsp3) is 0.600. The highest BCUT2D eigenvalue weighted by Crippen LogP contribution is 2.25. The number of amides is 1. The smallest absolute Gasteiger partial charge is 0.403 e. The summed E-state index contributed by atoms with van der Waals surface area (Å²) in [6, 6.07) is 5.64. The first-order valence-electron chi connectivity index (χ1n) is 10.0. The van der Waals surface area contributed by atoms with Crippen molar-refractivity contribution in [2.45, 2.75) is 33.0 Å². The summed E-state index contributed by atoms with van der Waals surface area (Å²) in [5, 5.41) is 5.88. The Balaban J connectivity index is 1.86. The van der Waals surface area contributed by atoms with Gasteiger partial charge in [0.05, 0.1) is 6.54 Å². The fourth-order valence-corrected chi connectivity index (χ4v) is 3.14. The average Bonchev–Trinajstić information content (AvgIpc) is 2.69. The molecule has 1 atom stereocenters. The van der Waals surface area contributed by atoms with E-state index in [-0.39, 0.29) is 5.91 Å². The van der Waals surface area contributed by atoms with Gasteiger partial charge in [-0.25, -0.2) is 4.99 Å². The zero-order chi connectivity index (χ0) is 22.1. The van der Waals surface area contributed by atoms with Gasteiger partial charge >= 0.3 is 6.18 Å². The number of carbonyl (C=O) groups excluding carboxylic acids is 1. The SMILES string of the molecule is CCNC(=NCCOc1cccc(NC(C)=O)c1)N1CCN(C(C)C(F)(F)F)CC1. The molecule has 1 aliphatic heterocycles. The van der Waals surface area contributed by atoms with Crippen LogP contribution in [0.1, 0.15) is 20.8 Å². The van der Waals surface area contributed by atoms with E-state index in [9.17, 15) is 18.0 Å². The van der Waals surface area contributed by atoms with Crippen molar-refractivity contribution in [3.05, 3.63) is 24.3 Å². The highest BCUT2D eigenvalue weighted by atomic mass is 19.4. The third-order valence-corrected chi connectivity index (χ3v) is 4.75. The van der Waals surface area contributed by atoms with Crippen LogP contribution in [-0.2, 0) is 4.79 Å². The van der Waals surface area contributed by atoms with Crippen molar-refractivity contribution in [1.82, 2.24) is 15.1 Å². The Kier molecular flexibility index (Phi) is 8.76. The molecular formula is C20H30F3N5O2. The first-order chi connectivity index (χ1) is 14.2. The minimum atomic E-state index is -4.21. The number of hydrogen-bond donors (Lipinski definition) is 2. The number of guanidine groups is 1. The Hall–Kier alpha value is -2.49. The molecule has 0 spiro atoms. The summed E-state index contributed by atoms with van der Waals surface area (Å²) < 4.78 is 44.4. The van der Waals surface area contributed by atoms with Crippen LogP contribution in [0, 0.1) is 0 Å². The van der Waals surface area contributed by atoms with Gasteiger partial charge in [0.1, 0.15) is 18.4 Å². The second-order valence-electron chi connectivity index (χ2n) is 7.03. The predicted octanol–water partition coefficient (Wildman–Crippen LogP) is 2.56. The lowest BCUT2D eigenvalue weighted by Crippen LogP contribution is -2.56. The lowest BCUT2D eigenvalue weighted by Gasteiger charge is -2.39. The van der Waals surface area contributed by atoms with Crippen molar-refractivity contribution in [3.63, 3.8) is 0 Å². The molecule has 1 unspecified atom stereocenters. The lowest BCUT2D eigenvalue weighted by atomic mass is 10.2. The summed E-state index contributed by atoms with van der Waals surface area (Å²) >= 11 is 0. The number of ether oxygens (including phenoxy) is 1. The second kappa shape index (κ2) is 11.1. The Labute approximate surface area is 175 Å². The number of nitrogens with zero attached hydrogens (tertiary/aromatic N) is 3. The quantitative estimate of drug-likeness (QED) is 0.396. The molecule has 0 radical (unpaired) electrons. The summed E-state index contributed by atoms with van der Waals surface area (Å²) in [4.78, 5) is 19.1. The number of halogens is 3. The van der Waals surface area contributed by atoms with Gasteiger partial charge in [-0.3, -0.25) is 9.69 Å². The van der Waals surface area contributed by atoms with E-state index in [1.807, 2.05) is 11.8 Å². The Morgan fingerprint density at radius 2 is 1.97 bits per heavy atom. The number of benzene rings is 1. The van der Waals surface area contributed by atoms with Crippen molar-refractivity contribution >= 4 is 17.6 Å². The summed E-state index contributed by atoms with van der Waals surface area (Å²) in [7, 11) is 0. The highest BCUT2D eigenvalue weighted by Gasteiger charge is 2.41. The summed E-state index contributed by atoms with van der Waals surface area (Å²) in [6.45, 7) is 7.60. The molecular weight excluding hydrogens is 399 g/mol. The average molecular weight is 429 g/mol. The van der Waals surface area contributed by atoms with Crippen molar-refractivity contribution in [2.75, 3.05) is 51.2 Å². The van der Waals surface area contributed by atoms with Gasteiger partial charge in [-0.05, 0) is 26.0 Å². The first kappa shape index (κ1) is 23.8. The number of alkyl halides is 3. The van der Waals surface area contributed by atoms with Crippen LogP contribution in [-0.4, -0.2) is 79.8 Å². The Morgan fingerprint density at radius 1 is 1.27 bits per heavy atom. The van der Waals surface area contributed by atoms with Crippen LogP contribution in [0.5, 0.6) is 5.75 Å². The molecule has 2 N–H and O–H groups in total. The van der Waals surface area contributed by atoms with Gasteiger partial charge < -0.3 is 20.3 Å². The summed E-state index contributed by atoms with van der Waals surface area (Å²) in [6.07, 6.45) is -4.21. The number of nitrogens with one attached hydrogen (secondary N) is 2. The van der Waals surface area contributed by atoms with Crippen LogP contribution in [0.15, 0.2) is 29.3 Å². The zero-order valence-corrected chi connectivity index (χ0v) is 17.6. The minimum Gasteiger partial charge on any atom is -0.492 e. The van der Waals surface area contributed by atoms with Gasteiger partial charge in [0.2, 0.25) is 5.91 Å². The molecule has 1 amide bonds. The Bertz CT molecular complexity index is 719. The van der Waals surface area contributed by atoms with Gasteiger partial charge in [0.25, 0.3) is 0 Å². The fourth-order valence-electron chi connectivity index (χ4n) is 3.14. The minimum absolute atomic E-state index is 0.156. The summed E-state index contributed by atoms with van der Waals surface area (Å²) in [5.41, 5.74) is 0.655. The molecule has 0 aliphatic carbocycles. The monoisotopic (exact) mass is 429 g/mol. The van der Waals surface area contributed by atoms with Crippen molar-refractivity contribution in [1.29, 1.82) is 0 Å². The standard InChI is InChI=1S/C20H30F3N5O2/c1-4-24-19(28-11-9-27(10-12-28)15(2)20(21,22)23)25-8-13-30-18-7-5-6-17(14-18)26-16(3)29/h5-7,14-15H,4,8-13H2,1-3H3,(H,24,25)(H,26,29). The highest BCUT2D eigenvalue weighted by molar-refractivity contribution is 5.88. The number of aliphatic imine (C=N–C) groups is 1. The molecule has 10 heteroatoms. The number of carbonyl (C=O) groups is 1. The van der Waals surface area contributed by atoms with E-state index in [0.717, 1.165) is 0 Å². The molecule has 1 aliphatic rings. The zero-order valence-electron chi connectivity index (χ0n) is 17.6. The maximum absolute atomic E-state index is 12.9. The molecule has 0 bridgehead atoms. The molecule has 0 saturated carbocycles. The van der Waals surface area contributed by atoms with Gasteiger partial charge in [-0.2, -0.15) is 13.2 Å². The first-order valence-corrected chi connectivity index (χ1v) is 10.0. The van der Waals surface area contributed by atoms with Crippen LogP contribution in [0.25, 0.3) is 0 Å². The van der Waals surface area contributed by atoms with E-state index < -0.39 is 12.2 Å². The number of anilines is 1. The third-order valence-electron chi connectivity index (χ3n) is 4.75. The molecule has 1 heterocycles. The largest absolute Gasteiger partial charge is 0.492 e. The molecule has 0 aromatic heterocycles. The van der Waals surface area contributed by atoms with Gasteiger partial charge in [-0.1, -0.05) is 6.07 Å². The Morgan fingerprint density at radius 3 is 2.57 bits per heavy atom. The maximum atomic E-state index is 12.9. The third kappa shape index (κ3) is 7.40. The number of hydrogen-bond acceptors (Lipinski definition) is 4. The van der Waals surface area contributed by atoms with Crippen molar-refractivity contribution in [2.24, 2.45) is 4.99 Å². The summed E-state index contributed by atoms with van der Waals surface area (Å²) in [5.74, 6) is 1.14. The molecule has 2 rings (SSSR count). The molecule has 168 valence electrons. The molecule has 7 nitrogen and oxygen atoms in total. The van der Waals surface area contributed by atoms with Crippen LogP contribution in [0.3, 0.4) is 0 Å². The van der Waals surface area contributed by atoms with Gasteiger partial charge in [0, 0.05) is 51.4 Å². The molecule has 1 aromatic rings. The number of piperazine rings is 1. The van der Waals surface area contributed by atoms with E-state index in [1.54, 1.807) is 24.3 Å². The molecule has 1 saturated heterocycles. The van der Waals surface area contributed by atoms with E-state index in [4.69, 9.17) is 4.74 Å². The topological polar surface area (TPSA) is 69.2 Å². The van der Waals surface area contributed by atoms with E-state index >= 15 is 0 Å². The van der Waals surface area contributed by atoms with Crippen molar-refractivity contribution in [3.8, 4) is 5.75 Å². The number of rotatable bonds is 7. The van der Waals surface area contributed by atoms with Gasteiger partial charge in [0.15, 0.2) is 5.96 Å². The maximum Gasteiger partial charge on any atom is 0.403 e. The predicted molar refractivity (Wildman–Crippen MR) is 111 cm³/mol. The van der Waals surface area contributed by atoms with Crippen LogP contribution in [0.4, 0.5) is 18.9 Å². The van der Waals surface area contributed by atoms with E-state index in [1.165, 1.54) is 18.7 Å². The van der Waals surface area contributed by atoms with Crippen LogP contribution in [0.2, 0.25) is 0 Å². The van der Waals surface area contributed by atoms with E-state index in [0.29, 0.717) is 63.3 Å².